The molecule has 1 aliphatic rings. The standard InChI is InChI=1S/C19H34N4O2/c1-5-7-8-9-10-11-15(6-2)12-13-23-14-21(3)16-17(24)20-19(25)22(4)18(16)23/h15H,5-14H2,1-4H3,(H,20,24,25). The van der Waals surface area contributed by atoms with Crippen LogP contribution in [0.5, 0.6) is 0 Å². The summed E-state index contributed by atoms with van der Waals surface area (Å²) in [5.74, 6) is 1.48. The minimum absolute atomic E-state index is 0.286. The third kappa shape index (κ3) is 4.67. The lowest BCUT2D eigenvalue weighted by Crippen LogP contribution is -2.33. The summed E-state index contributed by atoms with van der Waals surface area (Å²) in [7, 11) is 3.64. The highest BCUT2D eigenvalue weighted by atomic mass is 16.2. The molecule has 1 aromatic heterocycles. The van der Waals surface area contributed by atoms with Crippen LogP contribution < -0.4 is 21.0 Å². The Hall–Kier alpha value is -1.72. The van der Waals surface area contributed by atoms with Gasteiger partial charge in [0.05, 0.1) is 6.67 Å². The fraction of sp³-hybridized carbons (Fsp3) is 0.789. The molecular formula is C19H34N4O2. The van der Waals surface area contributed by atoms with Gasteiger partial charge >= 0.3 is 5.69 Å². The summed E-state index contributed by atoms with van der Waals surface area (Å²) < 4.78 is 1.56. The van der Waals surface area contributed by atoms with E-state index >= 15 is 0 Å². The van der Waals surface area contributed by atoms with Crippen LogP contribution >= 0.6 is 0 Å². The molecular weight excluding hydrogens is 316 g/mol. The maximum atomic E-state index is 12.1. The van der Waals surface area contributed by atoms with Gasteiger partial charge in [-0.15, -0.1) is 0 Å². The zero-order valence-corrected chi connectivity index (χ0v) is 16.3. The van der Waals surface area contributed by atoms with Crippen LogP contribution in [0.4, 0.5) is 11.5 Å². The summed E-state index contributed by atoms with van der Waals surface area (Å²) in [6, 6.07) is 0. The summed E-state index contributed by atoms with van der Waals surface area (Å²) in [5.41, 5.74) is -0.0206. The molecule has 1 aromatic rings. The average molecular weight is 351 g/mol. The van der Waals surface area contributed by atoms with Crippen LogP contribution in [0.1, 0.15) is 65.2 Å². The quantitative estimate of drug-likeness (QED) is 0.659. The van der Waals surface area contributed by atoms with Crippen molar-refractivity contribution >= 4 is 11.5 Å². The second-order valence-corrected chi connectivity index (χ2v) is 7.36. The topological polar surface area (TPSA) is 61.3 Å². The number of rotatable bonds is 10. The number of H-pyrrole nitrogens is 1. The zero-order valence-electron chi connectivity index (χ0n) is 16.3. The van der Waals surface area contributed by atoms with Gasteiger partial charge in [-0.3, -0.25) is 14.3 Å². The van der Waals surface area contributed by atoms with Crippen LogP contribution in [0, 0.1) is 5.92 Å². The van der Waals surface area contributed by atoms with Crippen molar-refractivity contribution in [1.82, 2.24) is 9.55 Å². The minimum Gasteiger partial charge on any atom is -0.349 e. The van der Waals surface area contributed by atoms with Crippen molar-refractivity contribution in [2.24, 2.45) is 13.0 Å². The van der Waals surface area contributed by atoms with Crippen LogP contribution in [0.15, 0.2) is 9.59 Å². The Morgan fingerprint density at radius 2 is 1.76 bits per heavy atom. The van der Waals surface area contributed by atoms with E-state index in [9.17, 15) is 9.59 Å². The molecule has 1 N–H and O–H groups in total. The predicted octanol–water partition coefficient (Wildman–Crippen LogP) is 3.06. The first-order valence-electron chi connectivity index (χ1n) is 9.78. The van der Waals surface area contributed by atoms with Crippen molar-refractivity contribution in [1.29, 1.82) is 0 Å². The Morgan fingerprint density at radius 1 is 1.04 bits per heavy atom. The fourth-order valence-corrected chi connectivity index (χ4v) is 3.80. The molecule has 0 radical (unpaired) electrons. The van der Waals surface area contributed by atoms with E-state index in [-0.39, 0.29) is 11.2 Å². The Labute approximate surface area is 150 Å². The van der Waals surface area contributed by atoms with Gasteiger partial charge in [-0.25, -0.2) is 4.79 Å². The Morgan fingerprint density at radius 3 is 2.44 bits per heavy atom. The number of nitrogens with zero attached hydrogens (tertiary/aromatic N) is 3. The van der Waals surface area contributed by atoms with Crippen LogP contribution in [0.3, 0.4) is 0 Å². The van der Waals surface area contributed by atoms with Crippen LogP contribution in [0.25, 0.3) is 0 Å². The number of aromatic amines is 1. The summed E-state index contributed by atoms with van der Waals surface area (Å²) >= 11 is 0. The van der Waals surface area contributed by atoms with E-state index in [1.807, 2.05) is 11.9 Å². The lowest BCUT2D eigenvalue weighted by Gasteiger charge is -2.23. The summed E-state index contributed by atoms with van der Waals surface area (Å²) in [6.45, 7) is 6.07. The van der Waals surface area contributed by atoms with E-state index in [1.54, 1.807) is 11.6 Å². The van der Waals surface area contributed by atoms with E-state index in [2.05, 4.69) is 23.7 Å². The van der Waals surface area contributed by atoms with Crippen molar-refractivity contribution in [2.75, 3.05) is 30.1 Å². The minimum atomic E-state index is -0.341. The van der Waals surface area contributed by atoms with Gasteiger partial charge in [0.2, 0.25) is 0 Å². The molecule has 0 amide bonds. The van der Waals surface area contributed by atoms with E-state index in [1.165, 1.54) is 44.9 Å². The monoisotopic (exact) mass is 350 g/mol. The number of aromatic nitrogens is 2. The van der Waals surface area contributed by atoms with Gasteiger partial charge < -0.3 is 9.80 Å². The number of fused-ring (bicyclic) bond motifs is 1. The van der Waals surface area contributed by atoms with Gasteiger partial charge in [0.15, 0.2) is 0 Å². The molecule has 6 nitrogen and oxygen atoms in total. The maximum absolute atomic E-state index is 12.1. The number of unbranched alkanes of at least 4 members (excludes halogenated alkanes) is 4. The second-order valence-electron chi connectivity index (χ2n) is 7.36. The molecule has 1 unspecified atom stereocenters. The van der Waals surface area contributed by atoms with E-state index in [0.29, 0.717) is 12.4 Å². The van der Waals surface area contributed by atoms with Gasteiger partial charge in [0.1, 0.15) is 11.5 Å². The van der Waals surface area contributed by atoms with Gasteiger partial charge in [-0.2, -0.15) is 0 Å². The molecule has 25 heavy (non-hydrogen) atoms. The Bertz CT molecular complexity index is 664. The second kappa shape index (κ2) is 9.11. The average Bonchev–Trinajstić information content (AvgIpc) is 2.92. The lowest BCUT2D eigenvalue weighted by atomic mass is 9.94. The van der Waals surface area contributed by atoms with E-state index in [0.717, 1.165) is 24.7 Å². The first kappa shape index (κ1) is 19.6. The van der Waals surface area contributed by atoms with Crippen molar-refractivity contribution < 1.29 is 0 Å². The van der Waals surface area contributed by atoms with Crippen molar-refractivity contribution in [3.63, 3.8) is 0 Å². The zero-order chi connectivity index (χ0) is 18.4. The lowest BCUT2D eigenvalue weighted by molar-refractivity contribution is 0.412. The summed E-state index contributed by atoms with van der Waals surface area (Å²) in [6.07, 6.45) is 10.2. The molecule has 0 aromatic carbocycles. The van der Waals surface area contributed by atoms with Crippen molar-refractivity contribution in [3.8, 4) is 0 Å². The molecule has 142 valence electrons. The Balaban J connectivity index is 1.96. The van der Waals surface area contributed by atoms with E-state index in [4.69, 9.17) is 0 Å². The summed E-state index contributed by atoms with van der Waals surface area (Å²) in [4.78, 5) is 30.6. The van der Waals surface area contributed by atoms with Gasteiger partial charge in [-0.1, -0.05) is 58.8 Å². The molecule has 2 rings (SSSR count). The molecule has 0 saturated carbocycles. The number of hydrogen-bond acceptors (Lipinski definition) is 4. The first-order valence-corrected chi connectivity index (χ1v) is 9.78. The van der Waals surface area contributed by atoms with Gasteiger partial charge in [0.25, 0.3) is 5.56 Å². The molecule has 0 spiro atoms. The highest BCUT2D eigenvalue weighted by Crippen LogP contribution is 2.30. The fourth-order valence-electron chi connectivity index (χ4n) is 3.80. The SMILES string of the molecule is CCCCCCCC(CC)CCN1CN(C)c2c1n(C)c(=O)[nH]c2=O. The summed E-state index contributed by atoms with van der Waals surface area (Å²) in [5, 5.41) is 0. The van der Waals surface area contributed by atoms with Crippen molar-refractivity contribution in [2.45, 2.75) is 65.2 Å². The van der Waals surface area contributed by atoms with Crippen molar-refractivity contribution in [3.05, 3.63) is 20.8 Å². The van der Waals surface area contributed by atoms with Gasteiger partial charge in [0, 0.05) is 20.6 Å². The van der Waals surface area contributed by atoms with Gasteiger partial charge in [-0.05, 0) is 12.3 Å². The third-order valence-electron chi connectivity index (χ3n) is 5.43. The highest BCUT2D eigenvalue weighted by Gasteiger charge is 2.29. The molecule has 2 heterocycles. The predicted molar refractivity (Wildman–Crippen MR) is 105 cm³/mol. The normalized spacial score (nSPS) is 14.9. The molecule has 0 bridgehead atoms. The molecule has 6 heteroatoms. The number of hydrogen-bond donors (Lipinski definition) is 1. The molecule has 0 saturated heterocycles. The molecule has 0 aliphatic carbocycles. The smallest absolute Gasteiger partial charge is 0.329 e. The number of anilines is 2. The number of nitrogens with one attached hydrogen (secondary N) is 1. The molecule has 0 fully saturated rings. The Kier molecular flexibility index (Phi) is 7.14. The van der Waals surface area contributed by atoms with Crippen LogP contribution in [0.2, 0.25) is 0 Å². The highest BCUT2D eigenvalue weighted by molar-refractivity contribution is 5.71. The first-order chi connectivity index (χ1) is 12.0. The maximum Gasteiger partial charge on any atom is 0.329 e. The van der Waals surface area contributed by atoms with Crippen LogP contribution in [-0.4, -0.2) is 29.8 Å². The van der Waals surface area contributed by atoms with Crippen LogP contribution in [-0.2, 0) is 7.05 Å². The molecule has 1 atom stereocenters. The third-order valence-corrected chi connectivity index (χ3v) is 5.43. The largest absolute Gasteiger partial charge is 0.349 e. The molecule has 1 aliphatic heterocycles. The van der Waals surface area contributed by atoms with E-state index < -0.39 is 0 Å².